The Hall–Kier alpha value is -0.160. The zero-order valence-electron chi connectivity index (χ0n) is 8.43. The van der Waals surface area contributed by atoms with Gasteiger partial charge in [-0.3, -0.25) is 0 Å². The summed E-state index contributed by atoms with van der Waals surface area (Å²) in [6.45, 7) is 4.23. The number of hydrogen-bond acceptors (Lipinski definition) is 1. The van der Waals surface area contributed by atoms with Gasteiger partial charge in [-0.05, 0) is 46.2 Å². The van der Waals surface area contributed by atoms with Crippen molar-refractivity contribution < 1.29 is 4.39 Å². The van der Waals surface area contributed by atoms with Crippen molar-refractivity contribution in [2.24, 2.45) is 11.7 Å². The first-order valence-corrected chi connectivity index (χ1v) is 5.84. The molecule has 14 heavy (non-hydrogen) atoms. The van der Waals surface area contributed by atoms with Gasteiger partial charge in [-0.1, -0.05) is 26.3 Å². The van der Waals surface area contributed by atoms with Crippen molar-refractivity contribution in [2.75, 3.05) is 0 Å². The number of benzene rings is 1. The van der Waals surface area contributed by atoms with Crippen LogP contribution in [0.2, 0.25) is 0 Å². The Labute approximate surface area is 98.0 Å². The number of rotatable bonds is 3. The van der Waals surface area contributed by atoms with Crippen molar-refractivity contribution in [3.8, 4) is 0 Å². The molecule has 0 heterocycles. The lowest BCUT2D eigenvalue weighted by molar-refractivity contribution is 0.454. The fraction of sp³-hybridized carbons (Fsp3) is 0.455. The summed E-state index contributed by atoms with van der Waals surface area (Å²) in [6, 6.07) is 4.79. The third-order valence-electron chi connectivity index (χ3n) is 2.58. The molecule has 0 aliphatic heterocycles. The topological polar surface area (TPSA) is 26.0 Å². The quantitative estimate of drug-likeness (QED) is 0.850. The van der Waals surface area contributed by atoms with Crippen LogP contribution >= 0.6 is 22.6 Å². The molecule has 1 aromatic carbocycles. The highest BCUT2D eigenvalue weighted by atomic mass is 127. The van der Waals surface area contributed by atoms with Crippen LogP contribution in [0, 0.1) is 15.3 Å². The first-order valence-electron chi connectivity index (χ1n) is 4.76. The Balaban J connectivity index is 2.95. The largest absolute Gasteiger partial charge is 0.324 e. The maximum Gasteiger partial charge on any atom is 0.124 e. The van der Waals surface area contributed by atoms with Gasteiger partial charge in [-0.25, -0.2) is 4.39 Å². The summed E-state index contributed by atoms with van der Waals surface area (Å²) in [6.07, 6.45) is 1.04. The Morgan fingerprint density at radius 1 is 1.50 bits per heavy atom. The highest BCUT2D eigenvalue weighted by Crippen LogP contribution is 2.26. The highest BCUT2D eigenvalue weighted by Gasteiger charge is 2.15. The van der Waals surface area contributed by atoms with E-state index < -0.39 is 0 Å². The van der Waals surface area contributed by atoms with E-state index in [-0.39, 0.29) is 11.9 Å². The molecular weight excluding hydrogens is 292 g/mol. The van der Waals surface area contributed by atoms with Crippen LogP contribution < -0.4 is 5.73 Å². The molecule has 1 rings (SSSR count). The minimum atomic E-state index is -0.200. The molecule has 0 saturated heterocycles. The second kappa shape index (κ2) is 5.07. The van der Waals surface area contributed by atoms with Crippen LogP contribution in [0.5, 0.6) is 0 Å². The average molecular weight is 307 g/mol. The number of hydrogen-bond donors (Lipinski definition) is 1. The molecule has 2 atom stereocenters. The van der Waals surface area contributed by atoms with E-state index in [0.717, 1.165) is 15.6 Å². The summed E-state index contributed by atoms with van der Waals surface area (Å²) in [4.78, 5) is 0. The van der Waals surface area contributed by atoms with E-state index in [1.807, 2.05) is 0 Å². The molecule has 0 amide bonds. The molecule has 1 nitrogen and oxygen atoms in total. The van der Waals surface area contributed by atoms with Crippen molar-refractivity contribution in [1.82, 2.24) is 0 Å². The average Bonchev–Trinajstić information content (AvgIpc) is 2.15. The third kappa shape index (κ3) is 2.67. The summed E-state index contributed by atoms with van der Waals surface area (Å²) in [5.41, 5.74) is 7.12. The number of halogens is 2. The lowest BCUT2D eigenvalue weighted by Crippen LogP contribution is -2.19. The zero-order valence-corrected chi connectivity index (χ0v) is 10.6. The molecule has 3 heteroatoms. The fourth-order valence-electron chi connectivity index (χ4n) is 1.33. The van der Waals surface area contributed by atoms with Crippen molar-refractivity contribution in [1.29, 1.82) is 0 Å². The fourth-order valence-corrected chi connectivity index (χ4v) is 2.17. The van der Waals surface area contributed by atoms with Gasteiger partial charge >= 0.3 is 0 Å². The first-order chi connectivity index (χ1) is 6.56. The lowest BCUT2D eigenvalue weighted by atomic mass is 9.93. The summed E-state index contributed by atoms with van der Waals surface area (Å²) in [7, 11) is 0. The van der Waals surface area contributed by atoms with Crippen LogP contribution in [-0.4, -0.2) is 0 Å². The van der Waals surface area contributed by atoms with Gasteiger partial charge in [0, 0.05) is 9.61 Å². The molecule has 2 N–H and O–H groups in total. The van der Waals surface area contributed by atoms with Crippen molar-refractivity contribution in [3.63, 3.8) is 0 Å². The van der Waals surface area contributed by atoms with E-state index in [2.05, 4.69) is 36.4 Å². The van der Waals surface area contributed by atoms with Crippen molar-refractivity contribution >= 4 is 22.6 Å². The predicted molar refractivity (Wildman–Crippen MR) is 65.5 cm³/mol. The predicted octanol–water partition coefficient (Wildman–Crippen LogP) is 3.48. The Bertz CT molecular complexity index is 314. The minimum Gasteiger partial charge on any atom is -0.324 e. The lowest BCUT2D eigenvalue weighted by Gasteiger charge is -2.19. The monoisotopic (exact) mass is 307 g/mol. The van der Waals surface area contributed by atoms with Gasteiger partial charge in [0.15, 0.2) is 0 Å². The molecule has 78 valence electrons. The summed E-state index contributed by atoms with van der Waals surface area (Å²) in [5.74, 6) is 0.225. The summed E-state index contributed by atoms with van der Waals surface area (Å²) in [5, 5.41) is 0. The van der Waals surface area contributed by atoms with E-state index in [9.17, 15) is 4.39 Å². The minimum absolute atomic E-state index is 0.00694. The summed E-state index contributed by atoms with van der Waals surface area (Å²) < 4.78 is 13.8. The van der Waals surface area contributed by atoms with Crippen LogP contribution in [0.1, 0.15) is 31.9 Å². The van der Waals surface area contributed by atoms with E-state index in [1.165, 1.54) is 12.1 Å². The molecule has 0 aliphatic carbocycles. The van der Waals surface area contributed by atoms with Crippen LogP contribution in [-0.2, 0) is 0 Å². The van der Waals surface area contributed by atoms with Gasteiger partial charge in [0.25, 0.3) is 0 Å². The molecule has 0 aliphatic rings. The maximum atomic E-state index is 12.8. The molecule has 0 bridgehead atoms. The van der Waals surface area contributed by atoms with E-state index in [4.69, 9.17) is 5.73 Å². The van der Waals surface area contributed by atoms with Gasteiger partial charge in [0.2, 0.25) is 0 Å². The smallest absolute Gasteiger partial charge is 0.124 e. The molecular formula is C11H15FIN. The summed E-state index contributed by atoms with van der Waals surface area (Å²) >= 11 is 2.13. The molecule has 0 fully saturated rings. The van der Waals surface area contributed by atoms with E-state index in [1.54, 1.807) is 6.07 Å². The van der Waals surface area contributed by atoms with Crippen LogP contribution in [0.15, 0.2) is 18.2 Å². The van der Waals surface area contributed by atoms with Gasteiger partial charge in [-0.2, -0.15) is 0 Å². The van der Waals surface area contributed by atoms with Gasteiger partial charge in [0.05, 0.1) is 0 Å². The molecule has 1 aromatic rings. The van der Waals surface area contributed by atoms with E-state index in [0.29, 0.717) is 5.92 Å². The third-order valence-corrected chi connectivity index (χ3v) is 3.51. The van der Waals surface area contributed by atoms with Gasteiger partial charge < -0.3 is 5.73 Å². The van der Waals surface area contributed by atoms with Crippen LogP contribution in [0.25, 0.3) is 0 Å². The molecule has 0 radical (unpaired) electrons. The van der Waals surface area contributed by atoms with Gasteiger partial charge in [-0.15, -0.1) is 0 Å². The number of nitrogens with two attached hydrogens (primary N) is 1. The molecule has 0 spiro atoms. The van der Waals surface area contributed by atoms with Crippen LogP contribution in [0.3, 0.4) is 0 Å². The molecule has 0 aromatic heterocycles. The van der Waals surface area contributed by atoms with Crippen molar-refractivity contribution in [2.45, 2.75) is 26.3 Å². The normalized spacial score (nSPS) is 15.2. The SMILES string of the molecule is CCC(C)C(N)c1ccc(F)cc1I. The molecule has 2 unspecified atom stereocenters. The van der Waals surface area contributed by atoms with Gasteiger partial charge in [0.1, 0.15) is 5.82 Å². The zero-order chi connectivity index (χ0) is 10.7. The second-order valence-corrected chi connectivity index (χ2v) is 4.74. The Morgan fingerprint density at radius 3 is 2.64 bits per heavy atom. The molecule has 0 saturated carbocycles. The Morgan fingerprint density at radius 2 is 2.14 bits per heavy atom. The van der Waals surface area contributed by atoms with E-state index >= 15 is 0 Å². The standard InChI is InChI=1S/C11H15FIN/c1-3-7(2)11(14)9-5-4-8(12)6-10(9)13/h4-7,11H,3,14H2,1-2H3. The van der Waals surface area contributed by atoms with Crippen molar-refractivity contribution in [3.05, 3.63) is 33.1 Å². The maximum absolute atomic E-state index is 12.8. The highest BCUT2D eigenvalue weighted by molar-refractivity contribution is 14.1. The first kappa shape index (κ1) is 11.9. The second-order valence-electron chi connectivity index (χ2n) is 3.58. The Kier molecular flexibility index (Phi) is 4.31. The van der Waals surface area contributed by atoms with Crippen LogP contribution in [0.4, 0.5) is 4.39 Å².